The Bertz CT molecular complexity index is 1350. The van der Waals surface area contributed by atoms with E-state index >= 15 is 0 Å². The van der Waals surface area contributed by atoms with Gasteiger partial charge in [-0.15, -0.1) is 0 Å². The van der Waals surface area contributed by atoms with Crippen LogP contribution in [0.3, 0.4) is 0 Å². The van der Waals surface area contributed by atoms with Crippen LogP contribution in [-0.4, -0.2) is 22.5 Å². The van der Waals surface area contributed by atoms with E-state index < -0.39 is 35.1 Å². The van der Waals surface area contributed by atoms with Crippen LogP contribution >= 0.6 is 0 Å². The summed E-state index contributed by atoms with van der Waals surface area (Å²) in [5.41, 5.74) is 1.35. The molecule has 2 amide bonds. The number of benzene rings is 3. The molecule has 33 heavy (non-hydrogen) atoms. The van der Waals surface area contributed by atoms with Crippen LogP contribution in [0.5, 0.6) is 0 Å². The number of Topliss-reactive ketones (excluding diaryl/α,β-unsaturated/α-hetero) is 1. The maximum Gasteiger partial charge on any atom is 0.285 e. The molecule has 2 atom stereocenters. The van der Waals surface area contributed by atoms with E-state index in [0.717, 1.165) is 16.0 Å². The highest BCUT2D eigenvalue weighted by molar-refractivity contribution is 6.23. The van der Waals surface area contributed by atoms with E-state index in [1.807, 2.05) is 24.3 Å². The smallest absolute Gasteiger partial charge is 0.285 e. The summed E-state index contributed by atoms with van der Waals surface area (Å²) in [4.78, 5) is 52.8. The lowest BCUT2D eigenvalue weighted by Crippen LogP contribution is -2.57. The van der Waals surface area contributed by atoms with Crippen molar-refractivity contribution in [1.29, 1.82) is 0 Å². The summed E-state index contributed by atoms with van der Waals surface area (Å²) >= 11 is 0. The number of ketones is 1. The van der Waals surface area contributed by atoms with Crippen LogP contribution in [0.25, 0.3) is 0 Å². The van der Waals surface area contributed by atoms with E-state index in [-0.39, 0.29) is 10.7 Å². The van der Waals surface area contributed by atoms with Crippen LogP contribution < -0.4 is 4.90 Å². The molecule has 1 saturated heterocycles. The molecule has 3 aromatic rings. The van der Waals surface area contributed by atoms with Gasteiger partial charge in [-0.05, 0) is 42.3 Å². The zero-order valence-electron chi connectivity index (χ0n) is 17.6. The van der Waals surface area contributed by atoms with Crippen molar-refractivity contribution in [2.24, 2.45) is 11.8 Å². The summed E-state index contributed by atoms with van der Waals surface area (Å²) in [5, 5.41) is 12.9. The molecular formula is C26H18N2O5. The van der Waals surface area contributed by atoms with Crippen LogP contribution in [0.15, 0.2) is 72.8 Å². The molecule has 3 aromatic carbocycles. The maximum absolute atomic E-state index is 13.8. The highest BCUT2D eigenvalue weighted by Crippen LogP contribution is 2.64. The lowest BCUT2D eigenvalue weighted by Gasteiger charge is -2.48. The van der Waals surface area contributed by atoms with Crippen LogP contribution in [0.1, 0.15) is 45.5 Å². The van der Waals surface area contributed by atoms with Crippen molar-refractivity contribution in [3.8, 4) is 0 Å². The Labute approximate surface area is 188 Å². The minimum atomic E-state index is -1.84. The van der Waals surface area contributed by atoms with Gasteiger partial charge in [0.05, 0.1) is 11.6 Å². The molecule has 2 bridgehead atoms. The zero-order chi connectivity index (χ0) is 23.1. The predicted octanol–water partition coefficient (Wildman–Crippen LogP) is 3.67. The Balaban J connectivity index is 1.61. The zero-order valence-corrected chi connectivity index (χ0v) is 17.6. The molecule has 7 nitrogen and oxygen atoms in total. The molecule has 2 unspecified atom stereocenters. The number of anilines is 1. The van der Waals surface area contributed by atoms with Crippen LogP contribution in [-0.2, 0) is 15.1 Å². The Hall–Kier alpha value is -4.13. The van der Waals surface area contributed by atoms with Crippen molar-refractivity contribution in [3.05, 3.63) is 111 Å². The van der Waals surface area contributed by atoms with Gasteiger partial charge in [0, 0.05) is 27.5 Å². The van der Waals surface area contributed by atoms with E-state index in [0.29, 0.717) is 22.4 Å². The fourth-order valence-electron chi connectivity index (χ4n) is 6.14. The third kappa shape index (κ3) is 2.21. The van der Waals surface area contributed by atoms with E-state index in [1.165, 1.54) is 6.92 Å². The van der Waals surface area contributed by atoms with Crippen molar-refractivity contribution in [2.45, 2.75) is 18.4 Å². The summed E-state index contributed by atoms with van der Waals surface area (Å²) in [6, 6.07) is 20.4. The Morgan fingerprint density at radius 3 is 1.94 bits per heavy atom. The van der Waals surface area contributed by atoms with Crippen LogP contribution in [0, 0.1) is 22.0 Å². The monoisotopic (exact) mass is 438 g/mol. The third-order valence-corrected chi connectivity index (χ3v) is 7.39. The van der Waals surface area contributed by atoms with Gasteiger partial charge < -0.3 is 0 Å². The lowest BCUT2D eigenvalue weighted by molar-refractivity contribution is -0.578. The molecule has 0 N–H and O–H groups in total. The molecule has 7 rings (SSSR count). The van der Waals surface area contributed by atoms with Crippen molar-refractivity contribution < 1.29 is 19.3 Å². The van der Waals surface area contributed by atoms with E-state index in [2.05, 4.69) is 0 Å². The number of carbonyl (C=O) groups excluding carboxylic acids is 3. The van der Waals surface area contributed by atoms with Crippen molar-refractivity contribution >= 4 is 23.3 Å². The highest BCUT2D eigenvalue weighted by Gasteiger charge is 2.74. The molecule has 1 aliphatic heterocycles. The first-order valence-electron chi connectivity index (χ1n) is 10.7. The Kier molecular flexibility index (Phi) is 3.82. The second kappa shape index (κ2) is 6.45. The molecule has 0 saturated carbocycles. The van der Waals surface area contributed by atoms with Crippen molar-refractivity contribution in [2.75, 3.05) is 4.90 Å². The molecule has 4 aliphatic rings. The number of carbonyl (C=O) groups is 3. The average Bonchev–Trinajstić information content (AvgIpc) is 3.09. The minimum Gasteiger partial charge on any atom is -0.295 e. The minimum absolute atomic E-state index is 0.134. The van der Waals surface area contributed by atoms with E-state index in [4.69, 9.17) is 0 Å². The Morgan fingerprint density at radius 2 is 1.42 bits per heavy atom. The number of nitro groups is 1. The van der Waals surface area contributed by atoms with Gasteiger partial charge in [-0.3, -0.25) is 24.5 Å². The van der Waals surface area contributed by atoms with Gasteiger partial charge in [0.25, 0.3) is 5.54 Å². The molecule has 1 fully saturated rings. The number of hydrogen-bond acceptors (Lipinski definition) is 5. The molecular weight excluding hydrogens is 420 g/mol. The quantitative estimate of drug-likeness (QED) is 0.269. The molecule has 162 valence electrons. The summed E-state index contributed by atoms with van der Waals surface area (Å²) in [7, 11) is 0. The van der Waals surface area contributed by atoms with Gasteiger partial charge in [0.15, 0.2) is 5.78 Å². The molecule has 0 radical (unpaired) electrons. The van der Waals surface area contributed by atoms with E-state index in [1.54, 1.807) is 48.5 Å². The first kappa shape index (κ1) is 19.5. The van der Waals surface area contributed by atoms with E-state index in [9.17, 15) is 24.5 Å². The fourth-order valence-corrected chi connectivity index (χ4v) is 6.14. The number of nitrogens with zero attached hydrogens (tertiary/aromatic N) is 2. The normalized spacial score (nSPS) is 26.6. The summed E-state index contributed by atoms with van der Waals surface area (Å²) in [6.45, 7) is 1.43. The number of hydrogen-bond donors (Lipinski definition) is 0. The summed E-state index contributed by atoms with van der Waals surface area (Å²) in [5.74, 6) is -3.62. The standard InChI is InChI=1S/C26H18N2O5/c1-14(29)15-10-12-16(13-11-15)27-24(30)22-21-17-6-2-4-8-19(17)26(28(32)33,23(22)25(27)31)20-9-5-3-7-18(20)21/h2-13,21-23H,1H3. The lowest BCUT2D eigenvalue weighted by atomic mass is 9.51. The second-order valence-electron chi connectivity index (χ2n) is 8.79. The molecule has 3 aliphatic carbocycles. The molecule has 0 aromatic heterocycles. The molecule has 1 heterocycles. The summed E-state index contributed by atoms with van der Waals surface area (Å²) < 4.78 is 0. The molecule has 7 heteroatoms. The predicted molar refractivity (Wildman–Crippen MR) is 118 cm³/mol. The van der Waals surface area contributed by atoms with Crippen LogP contribution in [0.2, 0.25) is 0 Å². The number of imide groups is 1. The van der Waals surface area contributed by atoms with Gasteiger partial charge in [0.2, 0.25) is 11.8 Å². The summed E-state index contributed by atoms with van der Waals surface area (Å²) in [6.07, 6.45) is 0. The topological polar surface area (TPSA) is 97.6 Å². The van der Waals surface area contributed by atoms with Crippen molar-refractivity contribution in [3.63, 3.8) is 0 Å². The first-order valence-corrected chi connectivity index (χ1v) is 10.7. The van der Waals surface area contributed by atoms with Gasteiger partial charge in [-0.1, -0.05) is 48.5 Å². The second-order valence-corrected chi connectivity index (χ2v) is 8.79. The highest BCUT2D eigenvalue weighted by atomic mass is 16.6. The number of amides is 2. The molecule has 0 spiro atoms. The Morgan fingerprint density at radius 1 is 0.879 bits per heavy atom. The largest absolute Gasteiger partial charge is 0.295 e. The first-order chi connectivity index (χ1) is 15.9. The number of rotatable bonds is 3. The van der Waals surface area contributed by atoms with Crippen LogP contribution in [0.4, 0.5) is 5.69 Å². The SMILES string of the molecule is CC(=O)c1ccc(N2C(=O)C3C4c5ccccc5C([N+](=O)[O-])(c5ccccc54)C3C2=O)cc1. The van der Waals surface area contributed by atoms with Gasteiger partial charge in [0.1, 0.15) is 5.92 Å². The third-order valence-electron chi connectivity index (χ3n) is 7.39. The van der Waals surface area contributed by atoms with Gasteiger partial charge >= 0.3 is 0 Å². The maximum atomic E-state index is 13.8. The fraction of sp³-hybridized carbons (Fsp3) is 0.192. The van der Waals surface area contributed by atoms with Crippen molar-refractivity contribution in [1.82, 2.24) is 0 Å². The van der Waals surface area contributed by atoms with Gasteiger partial charge in [-0.2, -0.15) is 0 Å². The van der Waals surface area contributed by atoms with Gasteiger partial charge in [-0.25, -0.2) is 4.90 Å². The average molecular weight is 438 g/mol.